The fourth-order valence-electron chi connectivity index (χ4n) is 7.77. The molecule has 4 unspecified atom stereocenters. The maximum atomic E-state index is 12.6. The summed E-state index contributed by atoms with van der Waals surface area (Å²) in [5, 5.41) is 45.0. The zero-order chi connectivity index (χ0) is 67.2. The van der Waals surface area contributed by atoms with Gasteiger partial charge in [-0.15, -0.1) is 0 Å². The largest absolute Gasteiger partial charge is 4.00 e. The molecule has 0 rings (SSSR count). The number of hydrogen-bond donors (Lipinski definition) is 0. The number of carboxylic acid groups (broad SMARTS) is 4. The molecule has 0 aliphatic heterocycles. The van der Waals surface area contributed by atoms with E-state index in [0.717, 1.165) is 0 Å². The van der Waals surface area contributed by atoms with Crippen LogP contribution in [0.15, 0.2) is 0 Å². The Hall–Kier alpha value is -3.21. The second kappa shape index (κ2) is 43.5. The van der Waals surface area contributed by atoms with Crippen molar-refractivity contribution in [2.45, 2.75) is 340 Å². The molecular weight excluding hydrogens is 1150 g/mol. The number of carbonyl (C=O) groups excluding carboxylic acids is 8. The molecular formula is C60H108O24Ti. The predicted molar refractivity (Wildman–Crippen MR) is 302 cm³/mol. The summed E-state index contributed by atoms with van der Waals surface area (Å²) >= 11 is 0. The summed E-state index contributed by atoms with van der Waals surface area (Å²) in [5.41, 5.74) is 0. The normalized spacial score (nSPS) is 13.8. The minimum absolute atomic E-state index is 0. The molecule has 4 atom stereocenters. The van der Waals surface area contributed by atoms with Gasteiger partial charge < -0.3 is 96.4 Å². The Morgan fingerprint density at radius 2 is 0.353 bits per heavy atom. The van der Waals surface area contributed by atoms with Crippen molar-refractivity contribution in [2.75, 3.05) is 0 Å². The Labute approximate surface area is 522 Å². The first kappa shape index (κ1) is 90.5. The van der Waals surface area contributed by atoms with E-state index in [4.69, 9.17) is 56.8 Å². The third-order valence-corrected chi connectivity index (χ3v) is 10.2. The smallest absolute Gasteiger partial charge is 0.547 e. The zero-order valence-electron chi connectivity index (χ0n) is 56.4. The third kappa shape index (κ3) is 34.4. The molecule has 0 aromatic heterocycles. The minimum Gasteiger partial charge on any atom is -0.547 e. The number of carboxylic acids is 4. The molecule has 25 heteroatoms. The second-order valence-corrected chi connectivity index (χ2v) is 22.8. The van der Waals surface area contributed by atoms with Gasteiger partial charge in [0.1, 0.15) is 0 Å². The van der Waals surface area contributed by atoms with Gasteiger partial charge in [-0.1, -0.05) is 27.7 Å². The van der Waals surface area contributed by atoms with E-state index in [1.54, 1.807) is 194 Å². The van der Waals surface area contributed by atoms with Crippen molar-refractivity contribution in [2.24, 2.45) is 0 Å². The van der Waals surface area contributed by atoms with Gasteiger partial charge in [0.15, 0.2) is 24.4 Å². The monoisotopic (exact) mass is 1260 g/mol. The van der Waals surface area contributed by atoms with Gasteiger partial charge in [-0.2, -0.15) is 0 Å². The number of hydrogen-bond acceptors (Lipinski definition) is 24. The van der Waals surface area contributed by atoms with E-state index in [0.29, 0.717) is 0 Å². The topological polar surface area (TPSA) is 340 Å². The van der Waals surface area contributed by atoms with Crippen LogP contribution in [0.2, 0.25) is 0 Å². The van der Waals surface area contributed by atoms with Gasteiger partial charge in [-0.3, -0.25) is 19.2 Å². The van der Waals surface area contributed by atoms with Crippen LogP contribution in [0.3, 0.4) is 0 Å². The van der Waals surface area contributed by atoms with Crippen LogP contribution in [0.1, 0.15) is 220 Å². The molecule has 0 spiro atoms. The average molecular weight is 1260 g/mol. The molecule has 0 aliphatic carbocycles. The molecule has 85 heavy (non-hydrogen) atoms. The van der Waals surface area contributed by atoms with Crippen LogP contribution in [-0.2, 0) is 117 Å². The van der Waals surface area contributed by atoms with E-state index >= 15 is 0 Å². The summed E-state index contributed by atoms with van der Waals surface area (Å²) in [6, 6.07) is 0. The molecule has 0 bridgehead atoms. The van der Waals surface area contributed by atoms with Gasteiger partial charge in [0.2, 0.25) is 46.3 Å². The van der Waals surface area contributed by atoms with Crippen molar-refractivity contribution in [3.8, 4) is 0 Å². The standard InChI is InChI=1S/4C15H28O6.Ti/c4*1-8-15(20-10(4)5,21-11(6)7)13(16)12(14(17)18)19-9(2)3;/h4*9-12H,8H2,1-7H3,(H,17,18);/q;;;;+4/p-4. The molecule has 0 amide bonds. The Kier molecular flexibility index (Phi) is 46.3. The quantitative estimate of drug-likeness (QED) is 0.0471. The van der Waals surface area contributed by atoms with Gasteiger partial charge >= 0.3 is 21.7 Å². The molecule has 0 N–H and O–H groups in total. The zero-order valence-corrected chi connectivity index (χ0v) is 57.9. The molecule has 24 nitrogen and oxygen atoms in total. The van der Waals surface area contributed by atoms with E-state index in [-0.39, 0.29) is 96.2 Å². The summed E-state index contributed by atoms with van der Waals surface area (Å²) < 4.78 is 65.7. The van der Waals surface area contributed by atoms with E-state index in [9.17, 15) is 58.8 Å². The van der Waals surface area contributed by atoms with Crippen LogP contribution < -0.4 is 20.4 Å². The summed E-state index contributed by atoms with van der Waals surface area (Å²) in [6.07, 6.45) is -10.4. The first-order valence-corrected chi connectivity index (χ1v) is 29.3. The van der Waals surface area contributed by atoms with Gasteiger partial charge in [-0.25, -0.2) is 0 Å². The van der Waals surface area contributed by atoms with E-state index in [2.05, 4.69) is 0 Å². The van der Waals surface area contributed by atoms with Gasteiger partial charge in [-0.05, 0) is 166 Å². The number of carbonyl (C=O) groups is 8. The fraction of sp³-hybridized carbons (Fsp3) is 0.867. The summed E-state index contributed by atoms with van der Waals surface area (Å²) in [4.78, 5) is 95.6. The van der Waals surface area contributed by atoms with Crippen molar-refractivity contribution in [3.63, 3.8) is 0 Å². The molecule has 496 valence electrons. The van der Waals surface area contributed by atoms with Crippen LogP contribution >= 0.6 is 0 Å². The van der Waals surface area contributed by atoms with Crippen LogP contribution in [0.4, 0.5) is 0 Å². The van der Waals surface area contributed by atoms with Crippen LogP contribution in [0.5, 0.6) is 0 Å². The fourth-order valence-corrected chi connectivity index (χ4v) is 7.77. The van der Waals surface area contributed by atoms with E-state index in [1.807, 2.05) is 0 Å². The molecule has 0 fully saturated rings. The molecule has 0 saturated carbocycles. The minimum atomic E-state index is -1.72. The van der Waals surface area contributed by atoms with Crippen molar-refractivity contribution < 1.29 is 137 Å². The first-order chi connectivity index (χ1) is 38.2. The number of ketones is 4. The summed E-state index contributed by atoms with van der Waals surface area (Å²) in [5.74, 6) is -16.1. The molecule has 0 aromatic carbocycles. The summed E-state index contributed by atoms with van der Waals surface area (Å²) in [6.45, 7) is 47.9. The molecule has 0 radical (unpaired) electrons. The van der Waals surface area contributed by atoms with Crippen molar-refractivity contribution in [1.82, 2.24) is 0 Å². The van der Waals surface area contributed by atoms with Gasteiger partial charge in [0.25, 0.3) is 0 Å². The maximum absolute atomic E-state index is 12.6. The van der Waals surface area contributed by atoms with Crippen molar-refractivity contribution in [1.29, 1.82) is 0 Å². The van der Waals surface area contributed by atoms with E-state index < -0.39 is 119 Å². The maximum Gasteiger partial charge on any atom is 4.00 e. The molecule has 0 aromatic rings. The second-order valence-electron chi connectivity index (χ2n) is 22.8. The Bertz CT molecular complexity index is 1630. The van der Waals surface area contributed by atoms with Crippen molar-refractivity contribution >= 4 is 47.0 Å². The number of Topliss-reactive ketones (excluding diaryl/α,β-unsaturated/α-hetero) is 4. The van der Waals surface area contributed by atoms with Crippen LogP contribution in [0.25, 0.3) is 0 Å². The molecule has 0 heterocycles. The SMILES string of the molecule is CCC(OC(C)C)(OC(C)C)C(=O)C(OC(C)C)C(=O)[O-].CCC(OC(C)C)(OC(C)C)C(=O)C(OC(C)C)C(=O)[O-].CCC(OC(C)C)(OC(C)C)C(=O)C(OC(C)C)C(=O)[O-].CCC(OC(C)C)(OC(C)C)C(=O)C(OC(C)C)C(=O)[O-].[Ti+4]. The molecule has 0 aliphatic rings. The van der Waals surface area contributed by atoms with Crippen molar-refractivity contribution in [3.05, 3.63) is 0 Å². The Morgan fingerprint density at radius 1 is 0.247 bits per heavy atom. The first-order valence-electron chi connectivity index (χ1n) is 29.3. The Morgan fingerprint density at radius 3 is 0.412 bits per heavy atom. The molecule has 0 saturated heterocycles. The van der Waals surface area contributed by atoms with Crippen LogP contribution in [-0.4, -0.2) is 168 Å². The predicted octanol–water partition coefficient (Wildman–Crippen LogP) is 4.22. The average Bonchev–Trinajstić information content (AvgIpc) is 3.45. The van der Waals surface area contributed by atoms with E-state index in [1.165, 1.54) is 0 Å². The summed E-state index contributed by atoms with van der Waals surface area (Å²) in [7, 11) is 0. The number of rotatable bonds is 40. The number of aliphatic carboxylic acids is 4. The number of ether oxygens (including phenoxy) is 12. The Balaban J connectivity index is -0.000000333. The van der Waals surface area contributed by atoms with Gasteiger partial charge in [0.05, 0.1) is 97.1 Å². The van der Waals surface area contributed by atoms with Crippen LogP contribution in [0, 0.1) is 0 Å². The third-order valence-electron chi connectivity index (χ3n) is 10.2. The van der Waals surface area contributed by atoms with Gasteiger partial charge in [0, 0.05) is 25.7 Å².